The van der Waals surface area contributed by atoms with Gasteiger partial charge in [0, 0.05) is 25.7 Å². The van der Waals surface area contributed by atoms with Crippen molar-refractivity contribution in [2.45, 2.75) is 252 Å². The smallest absolute Gasteiger partial charge is 0.462 e. The molecule has 0 aromatic rings. The summed E-state index contributed by atoms with van der Waals surface area (Å²) in [5, 5.41) is 10.4. The highest BCUT2D eigenvalue weighted by atomic mass is 31.2. The van der Waals surface area contributed by atoms with Crippen LogP contribution in [-0.2, 0) is 65.4 Å². The van der Waals surface area contributed by atoms with Crippen molar-refractivity contribution in [1.29, 1.82) is 0 Å². The van der Waals surface area contributed by atoms with Crippen LogP contribution in [0, 0.1) is 5.92 Å². The van der Waals surface area contributed by atoms with Gasteiger partial charge in [-0.2, -0.15) is 0 Å². The van der Waals surface area contributed by atoms with Gasteiger partial charge in [0.25, 0.3) is 0 Å². The molecule has 0 aliphatic heterocycles. The van der Waals surface area contributed by atoms with Gasteiger partial charge in [-0.3, -0.25) is 37.3 Å². The monoisotopic (exact) mass is 1030 g/mol. The predicted molar refractivity (Wildman–Crippen MR) is 266 cm³/mol. The Morgan fingerprint density at radius 3 is 0.986 bits per heavy atom. The molecule has 0 saturated heterocycles. The number of unbranched alkanes of at least 4 members (excludes halogenated alkanes) is 22. The number of carbonyl (C=O) groups is 4. The summed E-state index contributed by atoms with van der Waals surface area (Å²) in [5.74, 6) is -1.48. The molecule has 0 rings (SSSR count). The Morgan fingerprint density at radius 2 is 0.667 bits per heavy atom. The maximum Gasteiger partial charge on any atom is 0.472 e. The summed E-state index contributed by atoms with van der Waals surface area (Å²) >= 11 is 0. The zero-order chi connectivity index (χ0) is 51.4. The average Bonchev–Trinajstić information content (AvgIpc) is 3.30. The van der Waals surface area contributed by atoms with Gasteiger partial charge in [-0.1, -0.05) is 182 Å². The molecule has 0 heterocycles. The Balaban J connectivity index is 5.15. The van der Waals surface area contributed by atoms with E-state index in [1.165, 1.54) is 51.4 Å². The standard InChI is InChI=1S/C50H96O17P2/c1-6-9-12-15-16-17-20-25-29-34-48(53)61-40-46(67-50(55)36-31-26-21-18-19-24-27-32-43(4)5)42-65-69(58,59)63-38-44(51)37-62-68(56,57)64-41-45(66-49(54)35-30-23-14-11-8-3)39-60-47(52)33-28-22-13-10-7-2/h43-46,51H,6-42H2,1-5H3,(H,56,57)(H,58,59)/t44-,45+,46+/m0/s1. The lowest BCUT2D eigenvalue weighted by Crippen LogP contribution is -2.30. The number of hydrogen-bond donors (Lipinski definition) is 3. The lowest BCUT2D eigenvalue weighted by molar-refractivity contribution is -0.161. The number of ether oxygens (including phenoxy) is 4. The highest BCUT2D eigenvalue weighted by Crippen LogP contribution is 2.45. The molecule has 0 radical (unpaired) electrons. The fourth-order valence-electron chi connectivity index (χ4n) is 7.11. The van der Waals surface area contributed by atoms with Crippen LogP contribution in [0.25, 0.3) is 0 Å². The fourth-order valence-corrected chi connectivity index (χ4v) is 8.69. The lowest BCUT2D eigenvalue weighted by Gasteiger charge is -2.21. The van der Waals surface area contributed by atoms with Gasteiger partial charge >= 0.3 is 39.5 Å². The largest absolute Gasteiger partial charge is 0.472 e. The highest BCUT2D eigenvalue weighted by Gasteiger charge is 2.30. The summed E-state index contributed by atoms with van der Waals surface area (Å²) in [6.45, 7) is 6.81. The summed E-state index contributed by atoms with van der Waals surface area (Å²) in [4.78, 5) is 70.9. The second kappa shape index (κ2) is 44.7. The van der Waals surface area contributed by atoms with E-state index in [0.717, 1.165) is 96.3 Å². The Bertz CT molecular complexity index is 1380. The molecule has 2 unspecified atom stereocenters. The normalized spacial score (nSPS) is 14.7. The van der Waals surface area contributed by atoms with E-state index in [4.69, 9.17) is 37.0 Å². The molecule has 0 aliphatic rings. The third-order valence-electron chi connectivity index (χ3n) is 11.3. The minimum Gasteiger partial charge on any atom is -0.462 e. The Hall–Kier alpha value is -1.94. The predicted octanol–water partition coefficient (Wildman–Crippen LogP) is 12.3. The van der Waals surface area contributed by atoms with Crippen molar-refractivity contribution < 1.29 is 80.2 Å². The van der Waals surface area contributed by atoms with E-state index in [1.54, 1.807) is 0 Å². The quantitative estimate of drug-likeness (QED) is 0.0222. The van der Waals surface area contributed by atoms with Gasteiger partial charge < -0.3 is 33.8 Å². The second-order valence-electron chi connectivity index (χ2n) is 18.7. The third-order valence-corrected chi connectivity index (χ3v) is 13.2. The molecule has 5 atom stereocenters. The summed E-state index contributed by atoms with van der Waals surface area (Å²) < 4.78 is 66.9. The van der Waals surface area contributed by atoms with Crippen LogP contribution in [0.15, 0.2) is 0 Å². The van der Waals surface area contributed by atoms with Crippen molar-refractivity contribution >= 4 is 39.5 Å². The number of hydrogen-bond acceptors (Lipinski definition) is 15. The highest BCUT2D eigenvalue weighted by molar-refractivity contribution is 7.47. The molecule has 0 amide bonds. The van der Waals surface area contributed by atoms with Crippen molar-refractivity contribution in [1.82, 2.24) is 0 Å². The first-order valence-corrected chi connectivity index (χ1v) is 29.6. The molecule has 19 heteroatoms. The minimum absolute atomic E-state index is 0.0984. The van der Waals surface area contributed by atoms with Crippen LogP contribution < -0.4 is 0 Å². The van der Waals surface area contributed by atoms with Crippen LogP contribution in [0.2, 0.25) is 0 Å². The molecular weight excluding hydrogens is 934 g/mol. The Kier molecular flexibility index (Phi) is 43.5. The molecule has 69 heavy (non-hydrogen) atoms. The van der Waals surface area contributed by atoms with Crippen LogP contribution in [0.3, 0.4) is 0 Å². The summed E-state index contributed by atoms with van der Waals surface area (Å²) in [6.07, 6.45) is 23.4. The van der Waals surface area contributed by atoms with Crippen LogP contribution in [0.1, 0.15) is 234 Å². The topological polar surface area (TPSA) is 237 Å². The van der Waals surface area contributed by atoms with Crippen molar-refractivity contribution in [3.05, 3.63) is 0 Å². The number of aliphatic hydroxyl groups is 1. The van der Waals surface area contributed by atoms with Crippen molar-refractivity contribution in [2.75, 3.05) is 39.6 Å². The molecule has 0 spiro atoms. The van der Waals surface area contributed by atoms with E-state index in [0.29, 0.717) is 31.6 Å². The second-order valence-corrected chi connectivity index (χ2v) is 21.6. The van der Waals surface area contributed by atoms with Crippen LogP contribution in [0.4, 0.5) is 0 Å². The van der Waals surface area contributed by atoms with E-state index >= 15 is 0 Å². The maximum atomic E-state index is 12.8. The maximum absolute atomic E-state index is 12.8. The van der Waals surface area contributed by atoms with Gasteiger partial charge in [-0.25, -0.2) is 9.13 Å². The Labute approximate surface area is 416 Å². The van der Waals surface area contributed by atoms with Crippen molar-refractivity contribution in [3.63, 3.8) is 0 Å². The van der Waals surface area contributed by atoms with E-state index < -0.39 is 97.5 Å². The fraction of sp³-hybridized carbons (Fsp3) is 0.920. The zero-order valence-electron chi connectivity index (χ0n) is 43.4. The molecule has 17 nitrogen and oxygen atoms in total. The molecule has 0 saturated carbocycles. The number of esters is 4. The summed E-state index contributed by atoms with van der Waals surface area (Å²) in [6, 6.07) is 0. The minimum atomic E-state index is -4.92. The van der Waals surface area contributed by atoms with Gasteiger partial charge in [0.1, 0.15) is 19.3 Å². The molecule has 0 aliphatic carbocycles. The number of aliphatic hydroxyl groups excluding tert-OH is 1. The first-order valence-electron chi connectivity index (χ1n) is 26.6. The van der Waals surface area contributed by atoms with E-state index in [2.05, 4.69) is 34.6 Å². The van der Waals surface area contributed by atoms with Crippen LogP contribution in [0.5, 0.6) is 0 Å². The average molecular weight is 1030 g/mol. The number of phosphoric acid groups is 2. The van der Waals surface area contributed by atoms with E-state index in [9.17, 15) is 43.2 Å². The van der Waals surface area contributed by atoms with Crippen LogP contribution in [-0.4, -0.2) is 96.7 Å². The SMILES string of the molecule is CCCCCCCCCCCC(=O)OC[C@H](COP(=O)(O)OC[C@@H](O)COP(=O)(O)OC[C@@H](COC(=O)CCCCCCC)OC(=O)CCCCCCC)OC(=O)CCCCCCCCCC(C)C. The summed E-state index contributed by atoms with van der Waals surface area (Å²) in [7, 11) is -9.84. The van der Waals surface area contributed by atoms with Gasteiger partial charge in [-0.15, -0.1) is 0 Å². The number of rotatable bonds is 50. The van der Waals surface area contributed by atoms with Gasteiger partial charge in [0.2, 0.25) is 0 Å². The third kappa shape index (κ3) is 45.7. The zero-order valence-corrected chi connectivity index (χ0v) is 45.2. The van der Waals surface area contributed by atoms with E-state index in [-0.39, 0.29) is 25.7 Å². The van der Waals surface area contributed by atoms with Gasteiger partial charge in [0.15, 0.2) is 12.2 Å². The van der Waals surface area contributed by atoms with Gasteiger partial charge in [0.05, 0.1) is 26.4 Å². The molecule has 408 valence electrons. The molecular formula is C50H96O17P2. The molecule has 0 bridgehead atoms. The first-order chi connectivity index (χ1) is 33.0. The number of phosphoric ester groups is 2. The first kappa shape index (κ1) is 67.1. The summed E-state index contributed by atoms with van der Waals surface area (Å²) in [5.41, 5.74) is 0. The molecule has 3 N–H and O–H groups in total. The molecule has 0 aromatic carbocycles. The van der Waals surface area contributed by atoms with Crippen molar-refractivity contribution in [2.24, 2.45) is 5.92 Å². The molecule has 0 aromatic heterocycles. The molecule has 0 fully saturated rings. The van der Waals surface area contributed by atoms with E-state index in [1.807, 2.05) is 0 Å². The Morgan fingerprint density at radius 1 is 0.391 bits per heavy atom. The van der Waals surface area contributed by atoms with Gasteiger partial charge in [-0.05, 0) is 31.6 Å². The lowest BCUT2D eigenvalue weighted by atomic mass is 10.0. The van der Waals surface area contributed by atoms with Crippen LogP contribution >= 0.6 is 15.6 Å². The van der Waals surface area contributed by atoms with Crippen molar-refractivity contribution in [3.8, 4) is 0 Å². The number of carbonyl (C=O) groups excluding carboxylic acids is 4.